The van der Waals surface area contributed by atoms with Crippen LogP contribution in [-0.2, 0) is 9.84 Å². The zero-order valence-corrected chi connectivity index (χ0v) is 11.2. The van der Waals surface area contributed by atoms with Crippen molar-refractivity contribution in [2.45, 2.75) is 29.6 Å². The minimum atomic E-state index is -4.63. The quantitative estimate of drug-likeness (QED) is 0.916. The normalized spacial score (nSPS) is 18.5. The molecule has 1 aliphatic heterocycles. The first kappa shape index (κ1) is 14.2. The van der Waals surface area contributed by atoms with Gasteiger partial charge < -0.3 is 10.0 Å². The average molecular weight is 291 g/mol. The summed E-state index contributed by atoms with van der Waals surface area (Å²) in [6.07, 6.45) is 0.535. The summed E-state index contributed by atoms with van der Waals surface area (Å²) in [5.41, 5.74) is -0.636. The summed E-state index contributed by atoms with van der Waals surface area (Å²) in [5, 5.41) is 9.91. The Bertz CT molecular complexity index is 568. The van der Waals surface area contributed by atoms with E-state index in [-0.39, 0.29) is 23.7 Å². The van der Waals surface area contributed by atoms with Gasteiger partial charge in [-0.15, -0.1) is 0 Å². The van der Waals surface area contributed by atoms with Crippen LogP contribution in [0.2, 0.25) is 0 Å². The molecule has 0 spiro atoms. The highest BCUT2D eigenvalue weighted by atomic mass is 32.2. The maximum Gasteiger partial charge on any atom is 0.341 e. The summed E-state index contributed by atoms with van der Waals surface area (Å²) in [6, 6.07) is 5.64. The molecule has 19 heavy (non-hydrogen) atoms. The molecule has 1 fully saturated rings. The molecule has 1 aliphatic rings. The lowest BCUT2D eigenvalue weighted by molar-refractivity contribution is 0.00822. The maximum atomic E-state index is 12.6. The number of anilines is 1. The molecule has 0 aliphatic carbocycles. The molecule has 2 rings (SSSR count). The smallest absolute Gasteiger partial charge is 0.341 e. The molecule has 0 saturated carbocycles. The zero-order chi connectivity index (χ0) is 14.3. The fraction of sp³-hybridized carbons (Fsp3) is 0.500. The van der Waals surface area contributed by atoms with Crippen LogP contribution in [0.1, 0.15) is 13.3 Å². The summed E-state index contributed by atoms with van der Waals surface area (Å²) >= 11 is 0. The van der Waals surface area contributed by atoms with Crippen LogP contribution in [0.3, 0.4) is 0 Å². The van der Waals surface area contributed by atoms with Crippen molar-refractivity contribution >= 4 is 15.5 Å². The molecule has 0 atom stereocenters. The van der Waals surface area contributed by atoms with Crippen molar-refractivity contribution < 1.29 is 22.3 Å². The van der Waals surface area contributed by atoms with Gasteiger partial charge >= 0.3 is 5.76 Å². The van der Waals surface area contributed by atoms with Gasteiger partial charge in [-0.25, -0.2) is 8.42 Å². The van der Waals surface area contributed by atoms with Crippen molar-refractivity contribution in [3.63, 3.8) is 0 Å². The Labute approximate surface area is 110 Å². The predicted octanol–water partition coefficient (Wildman–Crippen LogP) is 1.64. The van der Waals surface area contributed by atoms with Crippen LogP contribution in [0.4, 0.5) is 14.5 Å². The first-order valence-corrected chi connectivity index (χ1v) is 7.43. The van der Waals surface area contributed by atoms with E-state index in [4.69, 9.17) is 0 Å². The van der Waals surface area contributed by atoms with Crippen molar-refractivity contribution in [1.29, 1.82) is 0 Å². The number of sulfone groups is 1. The number of aliphatic hydroxyl groups is 1. The van der Waals surface area contributed by atoms with Crippen LogP contribution < -0.4 is 4.90 Å². The van der Waals surface area contributed by atoms with Crippen molar-refractivity contribution in [2.75, 3.05) is 18.0 Å². The van der Waals surface area contributed by atoms with Gasteiger partial charge in [0.05, 0.1) is 16.2 Å². The molecule has 0 amide bonds. The second-order valence-corrected chi connectivity index (χ2v) is 6.59. The van der Waals surface area contributed by atoms with Crippen LogP contribution in [-0.4, -0.2) is 38.0 Å². The second-order valence-electron chi connectivity index (χ2n) is 4.71. The number of β-amino-alcohol motifs (C(OH)–C–C–N with tert-alkyl or cyclic N) is 1. The van der Waals surface area contributed by atoms with Gasteiger partial charge in [0, 0.05) is 13.1 Å². The molecule has 0 radical (unpaired) electrons. The van der Waals surface area contributed by atoms with Crippen LogP contribution in [0.15, 0.2) is 29.2 Å². The molecule has 1 saturated heterocycles. The molecule has 0 unspecified atom stereocenters. The predicted molar refractivity (Wildman–Crippen MR) is 67.1 cm³/mol. The Morgan fingerprint density at radius 2 is 1.95 bits per heavy atom. The standard InChI is InChI=1S/C12H15F2NO3S/c1-2-12(16)7-15(8-12)9-5-3-4-6-10(9)19(17,18)11(13)14/h3-6,11,16H,2,7-8H2,1H3. The average Bonchev–Trinajstić information content (AvgIpc) is 2.34. The SMILES string of the molecule is CCC1(O)CN(c2ccccc2S(=O)(=O)C(F)F)C1. The third kappa shape index (κ3) is 2.44. The number of para-hydroxylation sites is 1. The molecule has 4 nitrogen and oxygen atoms in total. The van der Waals surface area contributed by atoms with Crippen LogP contribution in [0.5, 0.6) is 0 Å². The number of nitrogens with zero attached hydrogens (tertiary/aromatic N) is 1. The molecule has 1 aromatic rings. The van der Waals surface area contributed by atoms with E-state index in [1.54, 1.807) is 11.0 Å². The van der Waals surface area contributed by atoms with Crippen LogP contribution in [0.25, 0.3) is 0 Å². The van der Waals surface area contributed by atoms with E-state index in [0.717, 1.165) is 0 Å². The second kappa shape index (κ2) is 4.72. The number of halogens is 2. The van der Waals surface area contributed by atoms with Gasteiger partial charge in [0.15, 0.2) is 0 Å². The summed E-state index contributed by atoms with van der Waals surface area (Å²) < 4.78 is 48.4. The Kier molecular flexibility index (Phi) is 3.53. The number of rotatable bonds is 4. The molecule has 106 valence electrons. The Hall–Kier alpha value is -1.21. The fourth-order valence-corrected chi connectivity index (χ4v) is 3.06. The van der Waals surface area contributed by atoms with Crippen LogP contribution in [0, 0.1) is 0 Å². The molecule has 1 aromatic carbocycles. The van der Waals surface area contributed by atoms with E-state index >= 15 is 0 Å². The molecule has 1 heterocycles. The minimum Gasteiger partial charge on any atom is -0.386 e. The monoisotopic (exact) mass is 291 g/mol. The van der Waals surface area contributed by atoms with Gasteiger partial charge in [0.1, 0.15) is 0 Å². The highest BCUT2D eigenvalue weighted by Crippen LogP contribution is 2.35. The molecular weight excluding hydrogens is 276 g/mol. The van der Waals surface area contributed by atoms with E-state index in [2.05, 4.69) is 0 Å². The highest BCUT2D eigenvalue weighted by Gasteiger charge is 2.42. The first-order valence-electron chi connectivity index (χ1n) is 5.88. The van der Waals surface area contributed by atoms with E-state index in [1.807, 2.05) is 6.92 Å². The van der Waals surface area contributed by atoms with E-state index < -0.39 is 21.2 Å². The van der Waals surface area contributed by atoms with Crippen molar-refractivity contribution in [3.8, 4) is 0 Å². The van der Waals surface area contributed by atoms with Crippen molar-refractivity contribution in [1.82, 2.24) is 0 Å². The fourth-order valence-electron chi connectivity index (χ4n) is 2.11. The Morgan fingerprint density at radius 1 is 1.37 bits per heavy atom. The van der Waals surface area contributed by atoms with Gasteiger partial charge in [0.25, 0.3) is 0 Å². The topological polar surface area (TPSA) is 57.6 Å². The number of hydrogen-bond donors (Lipinski definition) is 1. The molecule has 0 bridgehead atoms. The summed E-state index contributed by atoms with van der Waals surface area (Å²) in [7, 11) is -4.63. The van der Waals surface area contributed by atoms with E-state index in [9.17, 15) is 22.3 Å². The maximum absolute atomic E-state index is 12.6. The number of hydrogen-bond acceptors (Lipinski definition) is 4. The molecular formula is C12H15F2NO3S. The minimum absolute atomic E-state index is 0.223. The molecule has 1 N–H and O–H groups in total. The van der Waals surface area contributed by atoms with E-state index in [1.165, 1.54) is 18.2 Å². The Morgan fingerprint density at radius 3 is 2.47 bits per heavy atom. The summed E-state index contributed by atoms with van der Waals surface area (Å²) in [5.74, 6) is -3.44. The lowest BCUT2D eigenvalue weighted by atomic mass is 9.91. The first-order chi connectivity index (χ1) is 8.80. The summed E-state index contributed by atoms with van der Waals surface area (Å²) in [4.78, 5) is 1.21. The van der Waals surface area contributed by atoms with Gasteiger partial charge in [-0.1, -0.05) is 19.1 Å². The zero-order valence-electron chi connectivity index (χ0n) is 10.4. The van der Waals surface area contributed by atoms with Gasteiger partial charge in [-0.2, -0.15) is 8.78 Å². The third-order valence-electron chi connectivity index (χ3n) is 3.38. The highest BCUT2D eigenvalue weighted by molar-refractivity contribution is 7.91. The van der Waals surface area contributed by atoms with Gasteiger partial charge in [-0.3, -0.25) is 0 Å². The van der Waals surface area contributed by atoms with Crippen LogP contribution >= 0.6 is 0 Å². The van der Waals surface area contributed by atoms with Crippen molar-refractivity contribution in [2.24, 2.45) is 0 Å². The van der Waals surface area contributed by atoms with E-state index in [0.29, 0.717) is 6.42 Å². The molecule has 7 heteroatoms. The largest absolute Gasteiger partial charge is 0.386 e. The molecule has 0 aromatic heterocycles. The lowest BCUT2D eigenvalue weighted by Crippen LogP contribution is -2.61. The van der Waals surface area contributed by atoms with Crippen molar-refractivity contribution in [3.05, 3.63) is 24.3 Å². The van der Waals surface area contributed by atoms with Gasteiger partial charge in [-0.05, 0) is 18.6 Å². The Balaban J connectivity index is 2.35. The lowest BCUT2D eigenvalue weighted by Gasteiger charge is -2.48. The number of benzene rings is 1. The number of alkyl halides is 2. The van der Waals surface area contributed by atoms with Gasteiger partial charge in [0.2, 0.25) is 9.84 Å². The summed E-state index contributed by atoms with van der Waals surface area (Å²) in [6.45, 7) is 2.32. The third-order valence-corrected chi connectivity index (χ3v) is 4.80.